The topological polar surface area (TPSA) is 19.6 Å². The van der Waals surface area contributed by atoms with Crippen molar-refractivity contribution in [3.63, 3.8) is 0 Å². The van der Waals surface area contributed by atoms with Crippen LogP contribution in [-0.2, 0) is 27.1 Å². The van der Waals surface area contributed by atoms with Gasteiger partial charge in [-0.15, -0.1) is 0 Å². The summed E-state index contributed by atoms with van der Waals surface area (Å²) in [4.78, 5) is 4.39. The van der Waals surface area contributed by atoms with Crippen LogP contribution in [0.15, 0.2) is 95.4 Å². The summed E-state index contributed by atoms with van der Waals surface area (Å²) in [6.45, 7) is 8.13. The highest BCUT2D eigenvalue weighted by Crippen LogP contribution is 2.52. The molecule has 2 aliphatic heterocycles. The summed E-state index contributed by atoms with van der Waals surface area (Å²) in [6, 6.07) is 30.5. The monoisotopic (exact) mass is 765 g/mol. The van der Waals surface area contributed by atoms with E-state index in [1.807, 2.05) is 12.1 Å². The van der Waals surface area contributed by atoms with Crippen LogP contribution >= 0.6 is 0 Å². The smallest absolute Gasteiger partial charge is 0.297 e. The van der Waals surface area contributed by atoms with Gasteiger partial charge in [-0.3, -0.25) is 0 Å². The summed E-state index contributed by atoms with van der Waals surface area (Å²) in [5.74, 6) is 0. The van der Waals surface area contributed by atoms with E-state index in [1.165, 1.54) is 17.7 Å². The molecule has 0 spiro atoms. The molecule has 0 bridgehead atoms. The molecule has 1 aromatic heterocycles. The molecule has 0 amide bonds. The fourth-order valence-electron chi connectivity index (χ4n) is 9.25. The lowest BCUT2D eigenvalue weighted by Crippen LogP contribution is -2.61. The van der Waals surface area contributed by atoms with Gasteiger partial charge < -0.3 is 14.2 Å². The van der Waals surface area contributed by atoms with Gasteiger partial charge in [-0.25, -0.2) is 0 Å². The highest BCUT2D eigenvalue weighted by Gasteiger charge is 2.48. The minimum atomic E-state index is -3.21. The van der Waals surface area contributed by atoms with Crippen LogP contribution in [-0.4, -0.2) is 6.71 Å². The predicted octanol–water partition coefficient (Wildman–Crippen LogP) is 13.1. The maximum absolute atomic E-state index is 8.96. The third-order valence-electron chi connectivity index (χ3n) is 12.6. The molecule has 0 N–H and O–H groups in total. The largest absolute Gasteiger partial charge is 0.468 e. The van der Waals surface area contributed by atoms with Gasteiger partial charge in [-0.2, -0.15) is 0 Å². The molecule has 0 saturated carbocycles. The average Bonchev–Trinajstić information content (AvgIpc) is 3.57. The first-order chi connectivity index (χ1) is 31.5. The molecule has 292 valence electrons. The molecule has 4 heteroatoms. The SMILES string of the molecule is [2H]C([2H])([2H])C1(C([2H])([2H])[2H])CCC(C([2H])([2H])[2H])(C([2H])([2H])[2H])c2cc3c4c(oc3cc21)B1c2cc(C(C)(C)C)ccc2N(c2ccc(C(C)(C)C)cc2)c2cc(C)cc(c21)N4c1ccc(C(C)(C)C)cc1. The van der Waals surface area contributed by atoms with Gasteiger partial charge in [0.05, 0.1) is 11.3 Å². The van der Waals surface area contributed by atoms with E-state index in [1.54, 1.807) is 0 Å². The second kappa shape index (κ2) is 12.2. The van der Waals surface area contributed by atoms with Crippen LogP contribution < -0.4 is 26.4 Å². The summed E-state index contributed by atoms with van der Waals surface area (Å²) in [7, 11) is 0. The van der Waals surface area contributed by atoms with E-state index in [0.29, 0.717) is 16.7 Å². The molecule has 0 atom stereocenters. The quantitative estimate of drug-likeness (QED) is 0.163. The van der Waals surface area contributed by atoms with Crippen molar-refractivity contribution in [2.75, 3.05) is 9.80 Å². The van der Waals surface area contributed by atoms with Gasteiger partial charge in [0.15, 0.2) is 0 Å². The number of aryl methyl sites for hydroxylation is 1. The molecular formula is C53H61BN2O. The number of anilines is 6. The van der Waals surface area contributed by atoms with Crippen LogP contribution in [0.2, 0.25) is 0 Å². The number of nitrogens with zero attached hydrogens (tertiary/aromatic N) is 2. The lowest BCUT2D eigenvalue weighted by atomic mass is 9.35. The minimum Gasteiger partial charge on any atom is -0.468 e. The molecule has 6 aromatic rings. The summed E-state index contributed by atoms with van der Waals surface area (Å²) in [5, 5.41) is 0.343. The molecule has 9 rings (SSSR count). The van der Waals surface area contributed by atoms with Crippen LogP contribution in [0.4, 0.5) is 34.1 Å². The highest BCUT2D eigenvalue weighted by molar-refractivity contribution is 7.00. The second-order valence-electron chi connectivity index (χ2n) is 20.0. The first-order valence-corrected chi connectivity index (χ1v) is 20.3. The zero-order valence-corrected chi connectivity index (χ0v) is 35.0. The van der Waals surface area contributed by atoms with Gasteiger partial charge in [0.1, 0.15) is 5.58 Å². The van der Waals surface area contributed by atoms with E-state index < -0.39 is 57.8 Å². The Morgan fingerprint density at radius 2 is 1.07 bits per heavy atom. The molecule has 0 saturated heterocycles. The molecule has 0 radical (unpaired) electrons. The van der Waals surface area contributed by atoms with Crippen molar-refractivity contribution in [2.45, 2.75) is 137 Å². The van der Waals surface area contributed by atoms with Crippen LogP contribution in [0, 0.1) is 6.92 Å². The Hall–Kier alpha value is -4.70. The Bertz CT molecular complexity index is 3000. The van der Waals surface area contributed by atoms with Gasteiger partial charge in [-0.05, 0) is 146 Å². The second-order valence-corrected chi connectivity index (χ2v) is 20.0. The van der Waals surface area contributed by atoms with E-state index in [-0.39, 0.29) is 33.0 Å². The third-order valence-corrected chi connectivity index (χ3v) is 12.6. The van der Waals surface area contributed by atoms with Crippen molar-refractivity contribution in [3.05, 3.63) is 124 Å². The Labute approximate surface area is 359 Å². The zero-order chi connectivity index (χ0) is 50.8. The molecule has 3 heterocycles. The van der Waals surface area contributed by atoms with Gasteiger partial charge in [0, 0.05) is 50.3 Å². The molecule has 0 fully saturated rings. The molecule has 0 unspecified atom stereocenters. The summed E-state index contributed by atoms with van der Waals surface area (Å²) in [5.41, 5.74) is 5.26. The molecule has 1 aliphatic carbocycles. The number of fused-ring (bicyclic) bond motifs is 7. The van der Waals surface area contributed by atoms with Crippen LogP contribution in [0.3, 0.4) is 0 Å². The Balaban J connectivity index is 1.46. The molecule has 5 aromatic carbocycles. The maximum Gasteiger partial charge on any atom is 0.297 e. The van der Waals surface area contributed by atoms with Gasteiger partial charge in [0.2, 0.25) is 0 Å². The lowest BCUT2D eigenvalue weighted by molar-refractivity contribution is 0.332. The third kappa shape index (κ3) is 5.91. The number of rotatable bonds is 2. The van der Waals surface area contributed by atoms with Crippen molar-refractivity contribution in [3.8, 4) is 0 Å². The van der Waals surface area contributed by atoms with Crippen LogP contribution in [0.1, 0.15) is 152 Å². The summed E-state index contributed by atoms with van der Waals surface area (Å²) in [6.07, 6.45) is -1.45. The fourth-order valence-corrected chi connectivity index (χ4v) is 9.25. The molecular weight excluding hydrogens is 691 g/mol. The first kappa shape index (κ1) is 26.3. The molecule has 3 aliphatic rings. The van der Waals surface area contributed by atoms with E-state index in [2.05, 4.69) is 146 Å². The van der Waals surface area contributed by atoms with Gasteiger partial charge in [0.25, 0.3) is 6.71 Å². The van der Waals surface area contributed by atoms with Crippen molar-refractivity contribution in [1.82, 2.24) is 0 Å². The van der Waals surface area contributed by atoms with Gasteiger partial charge >= 0.3 is 0 Å². The standard InChI is InChI=1S/C53H61BN2O/c1-32-27-43-46-44(28-32)56(37-22-17-34(18-23-37)50(5,6)7)47-38-30-39-40(53(13,14)26-25-52(39,11)12)31-45(38)57-48(47)54(46)41-29-35(51(8,9)10)19-24-42(41)55(43)36-20-15-33(16-21-36)49(2,3)4/h15-24,27-31H,25-26H2,1-14H3/i11D3,12D3,13D3,14D3. The number of benzene rings is 5. The van der Waals surface area contributed by atoms with E-state index in [4.69, 9.17) is 20.9 Å². The van der Waals surface area contributed by atoms with Crippen molar-refractivity contribution < 1.29 is 20.9 Å². The normalized spacial score (nSPS) is 21.0. The molecule has 3 nitrogen and oxygen atoms in total. The van der Waals surface area contributed by atoms with E-state index in [0.717, 1.165) is 56.1 Å². The minimum absolute atomic E-state index is 0.0766. The molecule has 57 heavy (non-hydrogen) atoms. The highest BCUT2D eigenvalue weighted by atomic mass is 16.3. The Kier molecular flexibility index (Phi) is 5.62. The van der Waals surface area contributed by atoms with E-state index >= 15 is 0 Å². The maximum atomic E-state index is 8.96. The van der Waals surface area contributed by atoms with Crippen molar-refractivity contribution >= 4 is 68.4 Å². The van der Waals surface area contributed by atoms with Crippen LogP contribution in [0.25, 0.3) is 11.0 Å². The Morgan fingerprint density at radius 1 is 0.579 bits per heavy atom. The zero-order valence-electron chi connectivity index (χ0n) is 47.0. The lowest BCUT2D eigenvalue weighted by Gasteiger charge is -2.43. The van der Waals surface area contributed by atoms with Crippen molar-refractivity contribution in [1.29, 1.82) is 0 Å². The van der Waals surface area contributed by atoms with E-state index in [9.17, 15) is 0 Å². The van der Waals surface area contributed by atoms with Crippen LogP contribution in [0.5, 0.6) is 0 Å². The Morgan fingerprint density at radius 3 is 1.60 bits per heavy atom. The summed E-state index contributed by atoms with van der Waals surface area (Å²) >= 11 is 0. The average molecular weight is 765 g/mol. The number of hydrogen-bond acceptors (Lipinski definition) is 3. The van der Waals surface area contributed by atoms with Gasteiger partial charge in [-0.1, -0.05) is 126 Å². The summed E-state index contributed by atoms with van der Waals surface area (Å²) < 4.78 is 114. The number of furan rings is 1. The number of hydrogen-bond donors (Lipinski definition) is 0. The van der Waals surface area contributed by atoms with Crippen molar-refractivity contribution in [2.24, 2.45) is 0 Å². The fraction of sp³-hybridized carbons (Fsp3) is 0.396. The predicted molar refractivity (Wildman–Crippen MR) is 246 cm³/mol. The first-order valence-electron chi connectivity index (χ1n) is 26.3.